The van der Waals surface area contributed by atoms with E-state index in [4.69, 9.17) is 18.8 Å². The maximum absolute atomic E-state index is 6.91. The lowest BCUT2D eigenvalue weighted by Gasteiger charge is -2.25. The van der Waals surface area contributed by atoms with Gasteiger partial charge in [-0.25, -0.2) is 9.98 Å². The Morgan fingerprint density at radius 3 is 1.79 bits per heavy atom. The molecule has 66 heavy (non-hydrogen) atoms. The minimum absolute atomic E-state index is 0.395. The largest absolute Gasteiger partial charge is 0.455 e. The molecule has 0 bridgehead atoms. The van der Waals surface area contributed by atoms with Crippen molar-refractivity contribution < 1.29 is 8.83 Å². The van der Waals surface area contributed by atoms with E-state index < -0.39 is 6.17 Å². The average molecular weight is 844 g/mol. The molecule has 0 saturated heterocycles. The fraction of sp³-hybridized carbons (Fsp3) is 0.0164. The third-order valence-electron chi connectivity index (χ3n) is 13.5. The van der Waals surface area contributed by atoms with E-state index in [2.05, 4.69) is 206 Å². The van der Waals surface area contributed by atoms with Crippen LogP contribution in [0.2, 0.25) is 0 Å². The number of fused-ring (bicyclic) bond motifs is 11. The lowest BCUT2D eigenvalue weighted by atomic mass is 9.91. The Kier molecular flexibility index (Phi) is 7.98. The number of amidine groups is 2. The van der Waals surface area contributed by atoms with Crippen LogP contribution < -0.4 is 5.32 Å². The van der Waals surface area contributed by atoms with Gasteiger partial charge in [0.1, 0.15) is 34.3 Å². The lowest BCUT2D eigenvalue weighted by molar-refractivity contribution is 0.665. The summed E-state index contributed by atoms with van der Waals surface area (Å²) in [5.74, 6) is 1.45. The summed E-state index contributed by atoms with van der Waals surface area (Å²) < 4.78 is 13.4. The minimum Gasteiger partial charge on any atom is -0.455 e. The van der Waals surface area contributed by atoms with E-state index in [1.54, 1.807) is 0 Å². The first-order valence-corrected chi connectivity index (χ1v) is 22.4. The highest BCUT2D eigenvalue weighted by Crippen LogP contribution is 2.45. The molecule has 0 aliphatic carbocycles. The maximum atomic E-state index is 6.91. The normalized spacial score (nSPS) is 14.2. The van der Waals surface area contributed by atoms with Crippen LogP contribution in [0.25, 0.3) is 109 Å². The van der Waals surface area contributed by atoms with Crippen LogP contribution in [-0.2, 0) is 0 Å². The quantitative estimate of drug-likeness (QED) is 0.176. The van der Waals surface area contributed by atoms with Crippen LogP contribution in [0.15, 0.2) is 231 Å². The van der Waals surface area contributed by atoms with Gasteiger partial charge in [0.2, 0.25) is 0 Å². The molecule has 308 valence electrons. The molecule has 14 rings (SSSR count). The number of nitrogens with one attached hydrogen (secondary N) is 1. The number of nitrogens with zero attached hydrogens (tertiary/aromatic N) is 2. The third-order valence-corrected chi connectivity index (χ3v) is 13.5. The first kappa shape index (κ1) is 36.7. The predicted octanol–water partition coefficient (Wildman–Crippen LogP) is 15.9. The number of hydrogen-bond donors (Lipinski definition) is 1. The van der Waals surface area contributed by atoms with Crippen LogP contribution in [0.4, 0.5) is 0 Å². The Morgan fingerprint density at radius 2 is 0.955 bits per heavy atom. The average Bonchev–Trinajstić information content (AvgIpc) is 3.97. The van der Waals surface area contributed by atoms with Crippen LogP contribution in [0.1, 0.15) is 22.9 Å². The van der Waals surface area contributed by atoms with E-state index in [0.29, 0.717) is 5.84 Å². The molecule has 1 unspecified atom stereocenters. The fourth-order valence-corrected chi connectivity index (χ4v) is 10.4. The highest BCUT2D eigenvalue weighted by molar-refractivity contribution is 6.24. The van der Waals surface area contributed by atoms with Crippen LogP contribution >= 0.6 is 0 Å². The molecule has 11 aromatic carbocycles. The summed E-state index contributed by atoms with van der Waals surface area (Å²) >= 11 is 0. The lowest BCUT2D eigenvalue weighted by Crippen LogP contribution is -2.33. The van der Waals surface area contributed by atoms with Gasteiger partial charge >= 0.3 is 0 Å². The summed E-state index contributed by atoms with van der Waals surface area (Å²) in [6, 6.07) is 75.1. The third kappa shape index (κ3) is 5.66. The Morgan fingerprint density at radius 1 is 0.364 bits per heavy atom. The van der Waals surface area contributed by atoms with Crippen molar-refractivity contribution in [2.24, 2.45) is 9.98 Å². The molecule has 1 N–H and O–H groups in total. The van der Waals surface area contributed by atoms with Gasteiger partial charge in [-0.2, -0.15) is 0 Å². The summed E-state index contributed by atoms with van der Waals surface area (Å²) in [7, 11) is 0. The van der Waals surface area contributed by atoms with E-state index in [1.165, 1.54) is 21.5 Å². The summed E-state index contributed by atoms with van der Waals surface area (Å²) in [6.07, 6.45) is -0.395. The second kappa shape index (κ2) is 14.4. The molecule has 0 radical (unpaired) electrons. The van der Waals surface area contributed by atoms with Gasteiger partial charge in [0, 0.05) is 43.8 Å². The predicted molar refractivity (Wildman–Crippen MR) is 274 cm³/mol. The zero-order chi connectivity index (χ0) is 43.3. The summed E-state index contributed by atoms with van der Waals surface area (Å²) in [6.45, 7) is 0. The molecule has 5 heteroatoms. The molecule has 5 nitrogen and oxygen atoms in total. The second-order valence-corrected chi connectivity index (χ2v) is 17.2. The van der Waals surface area contributed by atoms with Crippen molar-refractivity contribution >= 4 is 98.6 Å². The standard InChI is InChI=1S/C61H37N3O2/c1-2-15-37-32-40(31-30-36(37)14-1)59-62-60(64-61(63-59)53-34-39-17-4-5-18-42(39)44-20-7-8-21-45(44)53)41-33-38-16-3-6-19-43(38)52(35-41)47-23-13-29-55-56(47)51-27-12-26-50(58(51)66-55)49-25-11-24-48-46-22-9-10-28-54(46)65-57(48)49/h1-35,59H,(H,62,63,64). The molecule has 0 saturated carbocycles. The van der Waals surface area contributed by atoms with E-state index in [0.717, 1.165) is 110 Å². The number of aliphatic imine (C=N–C) groups is 2. The zero-order valence-electron chi connectivity index (χ0n) is 35.5. The van der Waals surface area contributed by atoms with E-state index >= 15 is 0 Å². The van der Waals surface area contributed by atoms with Crippen molar-refractivity contribution in [1.82, 2.24) is 5.32 Å². The monoisotopic (exact) mass is 843 g/mol. The van der Waals surface area contributed by atoms with Crippen LogP contribution in [0.3, 0.4) is 0 Å². The van der Waals surface area contributed by atoms with Crippen LogP contribution in [0, 0.1) is 0 Å². The molecule has 0 amide bonds. The van der Waals surface area contributed by atoms with Gasteiger partial charge in [0.25, 0.3) is 0 Å². The van der Waals surface area contributed by atoms with Gasteiger partial charge in [0.15, 0.2) is 5.84 Å². The molecule has 0 fully saturated rings. The molecule has 1 aliphatic rings. The molecule has 1 atom stereocenters. The van der Waals surface area contributed by atoms with Crippen molar-refractivity contribution in [2.75, 3.05) is 0 Å². The Hall–Kier alpha value is -8.80. The van der Waals surface area contributed by atoms with Gasteiger partial charge < -0.3 is 14.2 Å². The van der Waals surface area contributed by atoms with E-state index in [-0.39, 0.29) is 0 Å². The Bertz CT molecular complexity index is 4230. The van der Waals surface area contributed by atoms with Crippen molar-refractivity contribution in [3.05, 3.63) is 229 Å². The molecule has 3 heterocycles. The smallest absolute Gasteiger partial charge is 0.159 e. The number of rotatable bonds is 5. The van der Waals surface area contributed by atoms with Gasteiger partial charge in [-0.15, -0.1) is 0 Å². The van der Waals surface area contributed by atoms with Crippen LogP contribution in [0.5, 0.6) is 0 Å². The van der Waals surface area contributed by atoms with Crippen molar-refractivity contribution in [3.8, 4) is 22.3 Å². The van der Waals surface area contributed by atoms with Crippen molar-refractivity contribution in [2.45, 2.75) is 6.17 Å². The Balaban J connectivity index is 0.983. The van der Waals surface area contributed by atoms with Gasteiger partial charge in [-0.3, -0.25) is 0 Å². The summed E-state index contributed by atoms with van der Waals surface area (Å²) in [5.41, 5.74) is 10.5. The van der Waals surface area contributed by atoms with Crippen LogP contribution in [-0.4, -0.2) is 11.7 Å². The molecular formula is C61H37N3O2. The molecule has 1 aliphatic heterocycles. The Labute approximate surface area is 378 Å². The number of hydrogen-bond acceptors (Lipinski definition) is 5. The molecule has 2 aromatic heterocycles. The minimum atomic E-state index is -0.395. The van der Waals surface area contributed by atoms with Gasteiger partial charge in [-0.05, 0) is 96.2 Å². The molecular weight excluding hydrogens is 807 g/mol. The highest BCUT2D eigenvalue weighted by Gasteiger charge is 2.25. The van der Waals surface area contributed by atoms with Gasteiger partial charge in [-0.1, -0.05) is 176 Å². The summed E-state index contributed by atoms with van der Waals surface area (Å²) in [5, 5.41) is 17.4. The number of para-hydroxylation sites is 3. The fourth-order valence-electron chi connectivity index (χ4n) is 10.4. The van der Waals surface area contributed by atoms with E-state index in [9.17, 15) is 0 Å². The molecule has 0 spiro atoms. The number of furan rings is 2. The molecule has 13 aromatic rings. The zero-order valence-corrected chi connectivity index (χ0v) is 35.5. The number of benzene rings is 11. The van der Waals surface area contributed by atoms with Crippen molar-refractivity contribution in [3.63, 3.8) is 0 Å². The van der Waals surface area contributed by atoms with Crippen molar-refractivity contribution in [1.29, 1.82) is 0 Å². The first-order valence-electron chi connectivity index (χ1n) is 22.4. The topological polar surface area (TPSA) is 63.0 Å². The van der Waals surface area contributed by atoms with Gasteiger partial charge in [0.05, 0.1) is 0 Å². The first-order chi connectivity index (χ1) is 32.7. The highest BCUT2D eigenvalue weighted by atomic mass is 16.3. The maximum Gasteiger partial charge on any atom is 0.159 e. The van der Waals surface area contributed by atoms with E-state index in [1.807, 2.05) is 12.1 Å². The summed E-state index contributed by atoms with van der Waals surface area (Å²) in [4.78, 5) is 10.9. The second-order valence-electron chi connectivity index (χ2n) is 17.2. The SMILES string of the molecule is c1ccc2cc(C3N=C(c4cc(-c5cccc6oc7c(-c8cccc9c8oc8ccccc89)cccc7c56)c5ccccc5c4)N=C(c4cc5ccccc5c5ccccc45)N3)ccc2c1.